The molecule has 0 atom stereocenters. The first kappa shape index (κ1) is 22.4. The van der Waals surface area contributed by atoms with Gasteiger partial charge in [-0.3, -0.25) is 9.59 Å². The zero-order chi connectivity index (χ0) is 23.3. The van der Waals surface area contributed by atoms with Crippen LogP contribution < -0.4 is 9.47 Å². The molecular weight excluding hydrogens is 408 g/mol. The first-order chi connectivity index (χ1) is 15.0. The van der Waals surface area contributed by atoms with Gasteiger partial charge < -0.3 is 18.9 Å². The molecule has 1 aromatic carbocycles. The first-order valence-electron chi connectivity index (χ1n) is 11.1. The lowest BCUT2D eigenvalue weighted by Crippen LogP contribution is -2.34. The molecule has 0 fully saturated rings. The Kier molecular flexibility index (Phi) is 5.60. The van der Waals surface area contributed by atoms with Crippen LogP contribution in [0.3, 0.4) is 0 Å². The van der Waals surface area contributed by atoms with Gasteiger partial charge in [0.05, 0.1) is 14.2 Å². The van der Waals surface area contributed by atoms with Crippen molar-refractivity contribution >= 4 is 11.6 Å². The molecule has 0 saturated heterocycles. The van der Waals surface area contributed by atoms with Crippen LogP contribution in [0.15, 0.2) is 40.9 Å². The Morgan fingerprint density at radius 1 is 0.781 bits per heavy atom. The second kappa shape index (κ2) is 7.98. The standard InChI is InChI=1S/C26H32O6/c1-25(2)10-16(27)23(20(12-25)29-5)22(15-7-8-18-19(9-15)32-14-31-18)24-17(28)11-26(3,4)13-21(24)30-6/h7-9,22H,10-14H2,1-6H3. The highest BCUT2D eigenvalue weighted by Crippen LogP contribution is 2.50. The Labute approximate surface area is 189 Å². The van der Waals surface area contributed by atoms with E-state index in [2.05, 4.69) is 27.7 Å². The Morgan fingerprint density at radius 3 is 1.78 bits per heavy atom. The molecule has 4 rings (SSSR count). The summed E-state index contributed by atoms with van der Waals surface area (Å²) in [5.41, 5.74) is 1.47. The van der Waals surface area contributed by atoms with Gasteiger partial charge in [0.1, 0.15) is 11.5 Å². The molecule has 0 radical (unpaired) electrons. The number of rotatable bonds is 5. The van der Waals surface area contributed by atoms with Crippen molar-refractivity contribution in [2.45, 2.75) is 59.3 Å². The van der Waals surface area contributed by atoms with Crippen LogP contribution in [0.5, 0.6) is 11.5 Å². The monoisotopic (exact) mass is 440 g/mol. The zero-order valence-corrected chi connectivity index (χ0v) is 19.8. The molecule has 0 N–H and O–H groups in total. The summed E-state index contributed by atoms with van der Waals surface area (Å²) in [7, 11) is 3.19. The summed E-state index contributed by atoms with van der Waals surface area (Å²) in [6.45, 7) is 8.39. The van der Waals surface area contributed by atoms with Gasteiger partial charge in [-0.25, -0.2) is 0 Å². The topological polar surface area (TPSA) is 71.1 Å². The van der Waals surface area contributed by atoms with Crippen LogP contribution in [-0.2, 0) is 19.1 Å². The Bertz CT molecular complexity index is 973. The molecule has 0 saturated carbocycles. The van der Waals surface area contributed by atoms with Gasteiger partial charge in [0.15, 0.2) is 23.1 Å². The molecule has 172 valence electrons. The number of fused-ring (bicyclic) bond motifs is 1. The number of ether oxygens (including phenoxy) is 4. The molecule has 1 aromatic rings. The Balaban J connectivity index is 1.96. The molecule has 32 heavy (non-hydrogen) atoms. The molecule has 0 unspecified atom stereocenters. The van der Waals surface area contributed by atoms with Crippen molar-refractivity contribution in [3.8, 4) is 11.5 Å². The number of carbonyl (C=O) groups excluding carboxylic acids is 2. The molecule has 1 heterocycles. The van der Waals surface area contributed by atoms with Crippen molar-refractivity contribution in [2.24, 2.45) is 10.8 Å². The van der Waals surface area contributed by atoms with Crippen molar-refractivity contribution in [3.05, 3.63) is 46.4 Å². The largest absolute Gasteiger partial charge is 0.501 e. The number of hydrogen-bond donors (Lipinski definition) is 0. The lowest BCUT2D eigenvalue weighted by molar-refractivity contribution is -0.119. The fourth-order valence-electron chi connectivity index (χ4n) is 5.13. The summed E-state index contributed by atoms with van der Waals surface area (Å²) in [5.74, 6) is 1.95. The fourth-order valence-corrected chi connectivity index (χ4v) is 5.13. The van der Waals surface area contributed by atoms with Crippen LogP contribution in [0, 0.1) is 10.8 Å². The van der Waals surface area contributed by atoms with E-state index in [-0.39, 0.29) is 29.2 Å². The van der Waals surface area contributed by atoms with Crippen LogP contribution >= 0.6 is 0 Å². The smallest absolute Gasteiger partial charge is 0.231 e. The molecule has 2 aliphatic carbocycles. The Morgan fingerprint density at radius 2 is 1.28 bits per heavy atom. The molecule has 0 spiro atoms. The maximum atomic E-state index is 13.5. The summed E-state index contributed by atoms with van der Waals surface area (Å²) >= 11 is 0. The average molecular weight is 441 g/mol. The third-order valence-corrected chi connectivity index (χ3v) is 6.56. The number of benzene rings is 1. The lowest BCUT2D eigenvalue weighted by Gasteiger charge is -2.38. The van der Waals surface area contributed by atoms with Crippen molar-refractivity contribution in [1.82, 2.24) is 0 Å². The van der Waals surface area contributed by atoms with Gasteiger partial charge in [-0.15, -0.1) is 0 Å². The second-order valence-electron chi connectivity index (χ2n) is 10.5. The minimum absolute atomic E-state index is 0.00125. The Hall–Kier alpha value is -2.76. The first-order valence-corrected chi connectivity index (χ1v) is 11.1. The normalized spacial score (nSPS) is 22.0. The van der Waals surface area contributed by atoms with Gasteiger partial charge in [0.25, 0.3) is 0 Å². The predicted octanol–water partition coefficient (Wildman–Crippen LogP) is 5.08. The van der Waals surface area contributed by atoms with Gasteiger partial charge >= 0.3 is 0 Å². The van der Waals surface area contributed by atoms with Gasteiger partial charge in [-0.1, -0.05) is 33.8 Å². The number of Topliss-reactive ketones (excluding diaryl/α,β-unsaturated/α-hetero) is 2. The number of carbonyl (C=O) groups is 2. The summed E-state index contributed by atoms with van der Waals surface area (Å²) < 4.78 is 22.6. The number of methoxy groups -OCH3 is 2. The predicted molar refractivity (Wildman–Crippen MR) is 119 cm³/mol. The van der Waals surface area contributed by atoms with Crippen molar-refractivity contribution < 1.29 is 28.5 Å². The molecule has 0 bridgehead atoms. The highest BCUT2D eigenvalue weighted by Gasteiger charge is 2.44. The molecule has 0 aromatic heterocycles. The van der Waals surface area contributed by atoms with Crippen molar-refractivity contribution in [3.63, 3.8) is 0 Å². The van der Waals surface area contributed by atoms with Gasteiger partial charge in [0.2, 0.25) is 6.79 Å². The summed E-state index contributed by atoms with van der Waals surface area (Å²) in [4.78, 5) is 27.1. The van der Waals surface area contributed by atoms with Crippen molar-refractivity contribution in [1.29, 1.82) is 0 Å². The van der Waals surface area contributed by atoms with E-state index >= 15 is 0 Å². The van der Waals surface area contributed by atoms with Crippen LogP contribution in [0.4, 0.5) is 0 Å². The maximum absolute atomic E-state index is 13.5. The summed E-state index contributed by atoms with van der Waals surface area (Å²) in [6, 6.07) is 5.60. The molecule has 1 aliphatic heterocycles. The molecule has 6 heteroatoms. The van der Waals surface area contributed by atoms with Crippen LogP contribution in [-0.4, -0.2) is 32.6 Å². The summed E-state index contributed by atoms with van der Waals surface area (Å²) in [5, 5.41) is 0. The lowest BCUT2D eigenvalue weighted by atomic mass is 9.67. The van der Waals surface area contributed by atoms with E-state index in [4.69, 9.17) is 18.9 Å². The number of hydrogen-bond acceptors (Lipinski definition) is 6. The minimum atomic E-state index is -0.582. The number of ketones is 2. The quantitative estimate of drug-likeness (QED) is 0.636. The highest BCUT2D eigenvalue weighted by molar-refractivity contribution is 6.05. The third kappa shape index (κ3) is 4.03. The van der Waals surface area contributed by atoms with E-state index in [0.29, 0.717) is 59.8 Å². The van der Waals surface area contributed by atoms with Gasteiger partial charge in [-0.2, -0.15) is 0 Å². The zero-order valence-electron chi connectivity index (χ0n) is 19.8. The van der Waals surface area contributed by atoms with E-state index in [0.717, 1.165) is 5.56 Å². The van der Waals surface area contributed by atoms with Crippen LogP contribution in [0.1, 0.15) is 64.9 Å². The van der Waals surface area contributed by atoms with E-state index in [1.54, 1.807) is 14.2 Å². The van der Waals surface area contributed by atoms with Gasteiger partial charge in [-0.05, 0) is 28.5 Å². The van der Waals surface area contributed by atoms with Crippen LogP contribution in [0.2, 0.25) is 0 Å². The van der Waals surface area contributed by atoms with Gasteiger partial charge in [0, 0.05) is 42.7 Å². The summed E-state index contributed by atoms with van der Waals surface area (Å²) in [6.07, 6.45) is 2.04. The SMILES string of the molecule is COC1=C(C(C2=C(OC)CC(C)(C)CC2=O)c2ccc3c(c2)OCO3)C(=O)CC(C)(C)C1. The molecule has 0 amide bonds. The average Bonchev–Trinajstić information content (AvgIpc) is 3.17. The molecular formula is C26H32O6. The molecule has 6 nitrogen and oxygen atoms in total. The highest BCUT2D eigenvalue weighted by atomic mass is 16.7. The van der Waals surface area contributed by atoms with E-state index in [1.807, 2.05) is 18.2 Å². The minimum Gasteiger partial charge on any atom is -0.501 e. The van der Waals surface area contributed by atoms with E-state index < -0.39 is 5.92 Å². The fraction of sp³-hybridized carbons (Fsp3) is 0.538. The van der Waals surface area contributed by atoms with Crippen molar-refractivity contribution in [2.75, 3.05) is 21.0 Å². The third-order valence-electron chi connectivity index (χ3n) is 6.56. The maximum Gasteiger partial charge on any atom is 0.231 e. The second-order valence-corrected chi connectivity index (χ2v) is 10.5. The number of allylic oxidation sites excluding steroid dienone is 4. The molecule has 3 aliphatic rings. The van der Waals surface area contributed by atoms with E-state index in [9.17, 15) is 9.59 Å². The van der Waals surface area contributed by atoms with Crippen LogP contribution in [0.25, 0.3) is 0 Å². The van der Waals surface area contributed by atoms with E-state index in [1.165, 1.54) is 0 Å².